The van der Waals surface area contributed by atoms with E-state index in [0.717, 1.165) is 11.8 Å². The third-order valence-corrected chi connectivity index (χ3v) is 5.69. The van der Waals surface area contributed by atoms with Gasteiger partial charge in [-0.1, -0.05) is 23.7 Å². The van der Waals surface area contributed by atoms with Gasteiger partial charge in [-0.15, -0.1) is 0 Å². The average molecular weight is 408 g/mol. The molecule has 0 radical (unpaired) electrons. The Bertz CT molecular complexity index is 1060. The van der Waals surface area contributed by atoms with E-state index in [4.69, 9.17) is 21.1 Å². The predicted octanol–water partition coefficient (Wildman–Crippen LogP) is 3.57. The van der Waals surface area contributed by atoms with E-state index < -0.39 is 21.4 Å². The lowest BCUT2D eigenvalue weighted by Gasteiger charge is -2.21. The molecule has 2 aromatic rings. The van der Waals surface area contributed by atoms with Crippen LogP contribution in [0.1, 0.15) is 25.0 Å². The number of carbonyl (C=O) groups is 1. The Balaban J connectivity index is 2.08. The predicted molar refractivity (Wildman–Crippen MR) is 101 cm³/mol. The number of nitrogens with zero attached hydrogens (tertiary/aromatic N) is 1. The third-order valence-electron chi connectivity index (χ3n) is 4.16. The lowest BCUT2D eigenvalue weighted by molar-refractivity contribution is -0.145. The minimum atomic E-state index is -3.32. The van der Waals surface area contributed by atoms with Crippen LogP contribution in [0.25, 0.3) is 5.57 Å². The van der Waals surface area contributed by atoms with E-state index in [1.807, 2.05) is 0 Å². The van der Waals surface area contributed by atoms with Gasteiger partial charge in [-0.25, -0.2) is 18.2 Å². The number of ether oxygens (including phenoxy) is 2. The number of cyclic esters (lactones) is 1. The number of aromatic nitrogens is 1. The zero-order valence-electron chi connectivity index (χ0n) is 15.2. The maximum absolute atomic E-state index is 12.4. The van der Waals surface area contributed by atoms with Crippen molar-refractivity contribution in [2.24, 2.45) is 0 Å². The van der Waals surface area contributed by atoms with Crippen molar-refractivity contribution < 1.29 is 22.7 Å². The number of hydrogen-bond acceptors (Lipinski definition) is 6. The molecular weight excluding hydrogens is 390 g/mol. The molecule has 6 nitrogen and oxygen atoms in total. The Kier molecular flexibility index (Phi) is 4.78. The van der Waals surface area contributed by atoms with Crippen LogP contribution in [0.5, 0.6) is 5.88 Å². The molecule has 1 aromatic heterocycles. The van der Waals surface area contributed by atoms with Crippen molar-refractivity contribution >= 4 is 33.0 Å². The molecule has 142 valence electrons. The summed E-state index contributed by atoms with van der Waals surface area (Å²) in [7, 11) is -3.32. The summed E-state index contributed by atoms with van der Waals surface area (Å²) < 4.78 is 34.5. The lowest BCUT2D eigenvalue weighted by atomic mass is 9.92. The van der Waals surface area contributed by atoms with Crippen LogP contribution in [0.3, 0.4) is 0 Å². The van der Waals surface area contributed by atoms with Gasteiger partial charge in [0.2, 0.25) is 11.6 Å². The number of benzene rings is 1. The van der Waals surface area contributed by atoms with E-state index in [2.05, 4.69) is 4.98 Å². The molecule has 0 saturated carbocycles. The molecule has 3 rings (SSSR count). The SMILES string of the molecule is Cc1cc(OC2=C(c3ccc(S(C)(=O)=O)cc3)C(C)(C)OC2=O)ncc1Cl. The van der Waals surface area contributed by atoms with Gasteiger partial charge in [-0.2, -0.15) is 0 Å². The fraction of sp³-hybridized carbons (Fsp3) is 0.263. The molecule has 0 fully saturated rings. The maximum Gasteiger partial charge on any atom is 0.375 e. The Morgan fingerprint density at radius 1 is 1.19 bits per heavy atom. The van der Waals surface area contributed by atoms with Crippen LogP contribution < -0.4 is 4.74 Å². The van der Waals surface area contributed by atoms with E-state index in [-0.39, 0.29) is 16.5 Å². The fourth-order valence-corrected chi connectivity index (χ4v) is 3.55. The van der Waals surface area contributed by atoms with Crippen molar-refractivity contribution in [3.63, 3.8) is 0 Å². The number of pyridine rings is 1. The molecule has 1 aromatic carbocycles. The second-order valence-electron chi connectivity index (χ2n) is 6.77. The van der Waals surface area contributed by atoms with Crippen molar-refractivity contribution in [3.05, 3.63) is 58.4 Å². The van der Waals surface area contributed by atoms with Crippen LogP contribution in [0.15, 0.2) is 47.2 Å². The topological polar surface area (TPSA) is 82.6 Å². The van der Waals surface area contributed by atoms with E-state index in [1.165, 1.54) is 18.3 Å². The molecule has 0 saturated heterocycles. The molecular formula is C19H18ClNO5S. The molecule has 2 heterocycles. The second kappa shape index (κ2) is 6.65. The highest BCUT2D eigenvalue weighted by Crippen LogP contribution is 2.40. The summed E-state index contributed by atoms with van der Waals surface area (Å²) in [5, 5.41) is 0.488. The monoisotopic (exact) mass is 407 g/mol. The van der Waals surface area contributed by atoms with Gasteiger partial charge in [0.15, 0.2) is 9.84 Å². The molecule has 0 aliphatic carbocycles. The van der Waals surface area contributed by atoms with Crippen LogP contribution in [0.4, 0.5) is 0 Å². The number of sulfone groups is 1. The van der Waals surface area contributed by atoms with Crippen LogP contribution in [-0.2, 0) is 19.4 Å². The van der Waals surface area contributed by atoms with Gasteiger partial charge in [-0.3, -0.25) is 0 Å². The lowest BCUT2D eigenvalue weighted by Crippen LogP contribution is -2.22. The number of carbonyl (C=O) groups excluding carboxylic acids is 1. The molecule has 0 amide bonds. The van der Waals surface area contributed by atoms with Crippen LogP contribution >= 0.6 is 11.6 Å². The summed E-state index contributed by atoms with van der Waals surface area (Å²) in [6, 6.07) is 7.84. The van der Waals surface area contributed by atoms with Crippen LogP contribution in [0, 0.1) is 6.92 Å². The Hall–Kier alpha value is -2.38. The van der Waals surface area contributed by atoms with Gasteiger partial charge in [0.25, 0.3) is 0 Å². The zero-order chi connectivity index (χ0) is 20.0. The van der Waals surface area contributed by atoms with Gasteiger partial charge in [-0.05, 0) is 44.0 Å². The second-order valence-corrected chi connectivity index (χ2v) is 9.20. The maximum atomic E-state index is 12.4. The first-order chi connectivity index (χ1) is 12.5. The number of halogens is 1. The quantitative estimate of drug-likeness (QED) is 0.720. The van der Waals surface area contributed by atoms with E-state index in [0.29, 0.717) is 16.2 Å². The van der Waals surface area contributed by atoms with Crippen molar-refractivity contribution in [2.45, 2.75) is 31.3 Å². The van der Waals surface area contributed by atoms with Crippen molar-refractivity contribution in [1.82, 2.24) is 4.98 Å². The van der Waals surface area contributed by atoms with E-state index in [9.17, 15) is 13.2 Å². The number of aryl methyl sites for hydroxylation is 1. The normalized spacial score (nSPS) is 16.4. The summed E-state index contributed by atoms with van der Waals surface area (Å²) in [5.41, 5.74) is 0.952. The highest BCUT2D eigenvalue weighted by molar-refractivity contribution is 7.90. The molecule has 8 heteroatoms. The molecule has 1 aliphatic heterocycles. The highest BCUT2D eigenvalue weighted by Gasteiger charge is 2.43. The van der Waals surface area contributed by atoms with Crippen molar-refractivity contribution in [3.8, 4) is 5.88 Å². The molecule has 27 heavy (non-hydrogen) atoms. The Morgan fingerprint density at radius 3 is 2.37 bits per heavy atom. The molecule has 0 unspecified atom stereocenters. The molecule has 0 atom stereocenters. The van der Waals surface area contributed by atoms with Gasteiger partial charge in [0.1, 0.15) is 5.60 Å². The molecule has 0 N–H and O–H groups in total. The standard InChI is InChI=1S/C19H18ClNO5S/c1-11-9-15(21-10-14(11)20)25-17-16(19(2,3)26-18(17)22)12-5-7-13(8-6-12)27(4,23)24/h5-10H,1-4H3. The van der Waals surface area contributed by atoms with Gasteiger partial charge in [0, 0.05) is 18.5 Å². The van der Waals surface area contributed by atoms with Crippen LogP contribution in [0.2, 0.25) is 5.02 Å². The minimum absolute atomic E-state index is 0.0151. The minimum Gasteiger partial charge on any atom is -0.449 e. The molecule has 0 spiro atoms. The average Bonchev–Trinajstić information content (AvgIpc) is 2.78. The summed E-state index contributed by atoms with van der Waals surface area (Å²) in [4.78, 5) is 16.7. The first-order valence-electron chi connectivity index (χ1n) is 8.07. The van der Waals surface area contributed by atoms with E-state index >= 15 is 0 Å². The summed E-state index contributed by atoms with van der Waals surface area (Å²) in [5.74, 6) is -0.385. The number of esters is 1. The number of rotatable bonds is 4. The highest BCUT2D eigenvalue weighted by atomic mass is 35.5. The van der Waals surface area contributed by atoms with Crippen molar-refractivity contribution in [2.75, 3.05) is 6.26 Å². The van der Waals surface area contributed by atoms with E-state index in [1.54, 1.807) is 39.0 Å². The first kappa shape index (κ1) is 19.4. The third kappa shape index (κ3) is 3.84. The Labute approximate surface area is 162 Å². The van der Waals surface area contributed by atoms with Gasteiger partial charge in [0.05, 0.1) is 15.5 Å². The summed E-state index contributed by atoms with van der Waals surface area (Å²) >= 11 is 5.98. The summed E-state index contributed by atoms with van der Waals surface area (Å²) in [6.45, 7) is 5.27. The van der Waals surface area contributed by atoms with Gasteiger partial charge >= 0.3 is 5.97 Å². The smallest absolute Gasteiger partial charge is 0.375 e. The molecule has 1 aliphatic rings. The molecule has 0 bridgehead atoms. The summed E-state index contributed by atoms with van der Waals surface area (Å²) in [6.07, 6.45) is 2.58. The van der Waals surface area contributed by atoms with Gasteiger partial charge < -0.3 is 9.47 Å². The van der Waals surface area contributed by atoms with Crippen molar-refractivity contribution in [1.29, 1.82) is 0 Å². The largest absolute Gasteiger partial charge is 0.449 e. The first-order valence-corrected chi connectivity index (χ1v) is 10.3. The zero-order valence-corrected chi connectivity index (χ0v) is 16.8. The fourth-order valence-electron chi connectivity index (χ4n) is 2.82. The Morgan fingerprint density at radius 2 is 1.81 bits per heavy atom. The van der Waals surface area contributed by atoms with Crippen LogP contribution in [-0.4, -0.2) is 31.2 Å². The number of hydrogen-bond donors (Lipinski definition) is 0.